The van der Waals surface area contributed by atoms with E-state index in [0.29, 0.717) is 28.9 Å². The lowest BCUT2D eigenvalue weighted by atomic mass is 9.80. The minimum absolute atomic E-state index is 0.0569. The molecule has 0 saturated heterocycles. The molecule has 2 heterocycles. The quantitative estimate of drug-likeness (QED) is 0.492. The molecule has 7 heteroatoms. The van der Waals surface area contributed by atoms with Gasteiger partial charge in [-0.3, -0.25) is 9.48 Å². The van der Waals surface area contributed by atoms with E-state index in [1.807, 2.05) is 32.0 Å². The molecule has 1 fully saturated rings. The van der Waals surface area contributed by atoms with E-state index in [-0.39, 0.29) is 12.5 Å². The Balaban J connectivity index is 1.56. The number of pyridine rings is 1. The van der Waals surface area contributed by atoms with E-state index in [1.165, 1.54) is 12.8 Å². The Labute approximate surface area is 201 Å². The summed E-state index contributed by atoms with van der Waals surface area (Å²) in [5, 5.41) is 18.4. The summed E-state index contributed by atoms with van der Waals surface area (Å²) >= 11 is 0. The number of aliphatic hydroxyl groups is 1. The first kappa shape index (κ1) is 24.2. The number of rotatable bonds is 7. The van der Waals surface area contributed by atoms with Crippen molar-refractivity contribution in [2.45, 2.75) is 64.8 Å². The van der Waals surface area contributed by atoms with Gasteiger partial charge < -0.3 is 15.2 Å². The zero-order chi connectivity index (χ0) is 24.5. The van der Waals surface area contributed by atoms with Crippen molar-refractivity contribution in [3.63, 3.8) is 0 Å². The number of nitrogens with one attached hydrogen (secondary N) is 1. The maximum absolute atomic E-state index is 13.0. The summed E-state index contributed by atoms with van der Waals surface area (Å²) in [4.78, 5) is 17.5. The third-order valence-electron chi connectivity index (χ3n) is 7.22. The molecule has 1 amide bonds. The number of aliphatic hydroxyl groups excluding tert-OH is 1. The van der Waals surface area contributed by atoms with Crippen molar-refractivity contribution < 1.29 is 14.6 Å². The maximum atomic E-state index is 13.0. The lowest BCUT2D eigenvalue weighted by Gasteiger charge is -2.30. The van der Waals surface area contributed by atoms with E-state index in [4.69, 9.17) is 9.84 Å². The monoisotopic (exact) mass is 464 g/mol. The molecular weight excluding hydrogens is 428 g/mol. The van der Waals surface area contributed by atoms with Crippen molar-refractivity contribution in [3.8, 4) is 5.75 Å². The van der Waals surface area contributed by atoms with Crippen molar-refractivity contribution in [2.24, 2.45) is 11.8 Å². The van der Waals surface area contributed by atoms with Crippen LogP contribution >= 0.6 is 0 Å². The average Bonchev–Trinajstić information content (AvgIpc) is 3.26. The standard InChI is InChI=1S/C27H36N4O3/c1-17(2)18-9-11-20(12-10-18)31-15-19-13-23(24(34-5)14-22(19)30-31)29-26(33)21-7-6-8-25(28-21)27(3,4)16-32/h6-8,13-15,17-18,20,32H,9-12,16H2,1-5H3,(H,29,33)/t18-,20-. The number of aromatic nitrogens is 3. The van der Waals surface area contributed by atoms with Crippen LogP contribution in [0.15, 0.2) is 36.5 Å². The molecule has 0 radical (unpaired) electrons. The van der Waals surface area contributed by atoms with E-state index in [2.05, 4.69) is 35.0 Å². The van der Waals surface area contributed by atoms with Crippen molar-refractivity contribution in [1.82, 2.24) is 14.8 Å². The number of carbonyl (C=O) groups is 1. The highest BCUT2D eigenvalue weighted by Gasteiger charge is 2.26. The van der Waals surface area contributed by atoms with Crippen LogP contribution in [0, 0.1) is 11.8 Å². The molecule has 34 heavy (non-hydrogen) atoms. The summed E-state index contributed by atoms with van der Waals surface area (Å²) in [7, 11) is 1.59. The molecule has 1 aliphatic rings. The van der Waals surface area contributed by atoms with Crippen molar-refractivity contribution in [1.29, 1.82) is 0 Å². The number of fused-ring (bicyclic) bond motifs is 1. The predicted octanol–water partition coefficient (Wildman–Crippen LogP) is 5.35. The smallest absolute Gasteiger partial charge is 0.274 e. The first-order chi connectivity index (χ1) is 16.2. The Kier molecular flexibility index (Phi) is 6.94. The van der Waals surface area contributed by atoms with Gasteiger partial charge in [-0.25, -0.2) is 4.98 Å². The number of anilines is 1. The first-order valence-electron chi connectivity index (χ1n) is 12.2. The molecule has 0 aliphatic heterocycles. The minimum Gasteiger partial charge on any atom is -0.494 e. The topological polar surface area (TPSA) is 89.3 Å². The Morgan fingerprint density at radius 3 is 2.62 bits per heavy atom. The molecule has 182 valence electrons. The summed E-state index contributed by atoms with van der Waals surface area (Å²) in [5.74, 6) is 1.77. The van der Waals surface area contributed by atoms with Crippen LogP contribution in [0.4, 0.5) is 5.69 Å². The summed E-state index contributed by atoms with van der Waals surface area (Å²) in [6.07, 6.45) is 6.84. The van der Waals surface area contributed by atoms with E-state index in [0.717, 1.165) is 35.6 Å². The van der Waals surface area contributed by atoms with E-state index in [9.17, 15) is 9.90 Å². The Morgan fingerprint density at radius 2 is 1.97 bits per heavy atom. The van der Waals surface area contributed by atoms with Crippen LogP contribution in [-0.4, -0.2) is 39.5 Å². The summed E-state index contributed by atoms with van der Waals surface area (Å²) < 4.78 is 7.65. The average molecular weight is 465 g/mol. The normalized spacial score (nSPS) is 18.9. The zero-order valence-electron chi connectivity index (χ0n) is 20.8. The van der Waals surface area contributed by atoms with Crippen molar-refractivity contribution >= 4 is 22.5 Å². The van der Waals surface area contributed by atoms with Crippen LogP contribution < -0.4 is 10.1 Å². The molecule has 1 aliphatic carbocycles. The van der Waals surface area contributed by atoms with E-state index in [1.54, 1.807) is 19.2 Å². The van der Waals surface area contributed by atoms with Crippen molar-refractivity contribution in [2.75, 3.05) is 19.0 Å². The van der Waals surface area contributed by atoms with Gasteiger partial charge in [-0.05, 0) is 55.7 Å². The van der Waals surface area contributed by atoms with Gasteiger partial charge >= 0.3 is 0 Å². The van der Waals surface area contributed by atoms with Crippen LogP contribution in [0.5, 0.6) is 5.75 Å². The molecule has 2 N–H and O–H groups in total. The fraction of sp³-hybridized carbons (Fsp3) is 0.519. The lowest BCUT2D eigenvalue weighted by molar-refractivity contribution is 0.102. The Morgan fingerprint density at radius 1 is 1.24 bits per heavy atom. The minimum atomic E-state index is -0.532. The lowest BCUT2D eigenvalue weighted by Crippen LogP contribution is -2.25. The van der Waals surface area contributed by atoms with Gasteiger partial charge in [0.2, 0.25) is 0 Å². The van der Waals surface area contributed by atoms with Gasteiger partial charge in [0.25, 0.3) is 5.91 Å². The highest BCUT2D eigenvalue weighted by molar-refractivity contribution is 6.05. The molecular formula is C27H36N4O3. The Bertz CT molecular complexity index is 1160. The molecule has 1 aromatic carbocycles. The predicted molar refractivity (Wildman–Crippen MR) is 134 cm³/mol. The largest absolute Gasteiger partial charge is 0.494 e. The zero-order valence-corrected chi connectivity index (χ0v) is 20.8. The number of amides is 1. The van der Waals surface area contributed by atoms with Crippen LogP contribution in [0.1, 0.15) is 75.6 Å². The second-order valence-electron chi connectivity index (χ2n) is 10.4. The van der Waals surface area contributed by atoms with E-state index >= 15 is 0 Å². The fourth-order valence-corrected chi connectivity index (χ4v) is 4.76. The summed E-state index contributed by atoms with van der Waals surface area (Å²) in [6.45, 7) is 8.35. The number of hydrogen-bond acceptors (Lipinski definition) is 5. The third kappa shape index (κ3) is 4.94. The molecule has 0 spiro atoms. The third-order valence-corrected chi connectivity index (χ3v) is 7.22. The van der Waals surface area contributed by atoms with Crippen molar-refractivity contribution in [3.05, 3.63) is 47.9 Å². The number of carbonyl (C=O) groups excluding carboxylic acids is 1. The number of hydrogen-bond donors (Lipinski definition) is 2. The number of methoxy groups -OCH3 is 1. The van der Waals surface area contributed by atoms with Gasteiger partial charge in [-0.1, -0.05) is 33.8 Å². The number of nitrogens with zero attached hydrogens (tertiary/aromatic N) is 3. The molecule has 3 aromatic rings. The van der Waals surface area contributed by atoms with Gasteiger partial charge in [0.05, 0.1) is 31.0 Å². The highest BCUT2D eigenvalue weighted by atomic mass is 16.5. The molecule has 0 unspecified atom stereocenters. The molecule has 0 bridgehead atoms. The van der Waals surface area contributed by atoms with Gasteiger partial charge in [0.15, 0.2) is 0 Å². The Hall–Kier alpha value is -2.93. The number of ether oxygens (including phenoxy) is 1. The molecule has 7 nitrogen and oxygen atoms in total. The first-order valence-corrected chi connectivity index (χ1v) is 12.2. The molecule has 0 atom stereocenters. The van der Waals surface area contributed by atoms with Crippen LogP contribution in [0.25, 0.3) is 10.9 Å². The molecule has 1 saturated carbocycles. The van der Waals surface area contributed by atoms with Crippen LogP contribution in [-0.2, 0) is 5.41 Å². The van der Waals surface area contributed by atoms with Crippen LogP contribution in [0.2, 0.25) is 0 Å². The van der Waals surface area contributed by atoms with Crippen LogP contribution in [0.3, 0.4) is 0 Å². The van der Waals surface area contributed by atoms with Gasteiger partial charge in [-0.2, -0.15) is 5.10 Å². The van der Waals surface area contributed by atoms with Gasteiger partial charge in [-0.15, -0.1) is 0 Å². The van der Waals surface area contributed by atoms with Gasteiger partial charge in [0, 0.05) is 28.8 Å². The summed E-state index contributed by atoms with van der Waals surface area (Å²) in [5.41, 5.74) is 1.86. The number of benzene rings is 1. The second-order valence-corrected chi connectivity index (χ2v) is 10.4. The maximum Gasteiger partial charge on any atom is 0.274 e. The second kappa shape index (κ2) is 9.74. The fourth-order valence-electron chi connectivity index (χ4n) is 4.76. The highest BCUT2D eigenvalue weighted by Crippen LogP contribution is 2.37. The van der Waals surface area contributed by atoms with Gasteiger partial charge in [0.1, 0.15) is 11.4 Å². The SMILES string of the molecule is COc1cc2nn([C@H]3CC[C@H](C(C)C)CC3)cc2cc1NC(=O)c1cccc(C(C)(C)CO)n1. The molecule has 2 aromatic heterocycles. The molecule has 4 rings (SSSR count). The van der Waals surface area contributed by atoms with E-state index < -0.39 is 5.41 Å². The summed E-state index contributed by atoms with van der Waals surface area (Å²) in [6, 6.07) is 9.48.